The molecular formula is C21H19F5O4. The molecule has 2 aromatic carbocycles. The number of hydrogen-bond acceptors (Lipinski definition) is 3. The molecule has 1 aliphatic heterocycles. The second kappa shape index (κ2) is 7.86. The molecule has 1 N–H and O–H groups in total. The Kier molecular flexibility index (Phi) is 5.77. The van der Waals surface area contributed by atoms with Crippen LogP contribution < -0.4 is 4.74 Å². The summed E-state index contributed by atoms with van der Waals surface area (Å²) in [5, 5.41) is 9.48. The Balaban J connectivity index is 2.06. The summed E-state index contributed by atoms with van der Waals surface area (Å²) in [6.45, 7) is 1.73. The number of carbonyl (C=O) groups is 1. The largest absolute Gasteiger partial charge is 0.485 e. The fourth-order valence-corrected chi connectivity index (χ4v) is 3.70. The summed E-state index contributed by atoms with van der Waals surface area (Å²) in [4.78, 5) is 11.7. The predicted molar refractivity (Wildman–Crippen MR) is 96.0 cm³/mol. The zero-order valence-electron chi connectivity index (χ0n) is 16.0. The molecule has 0 radical (unpaired) electrons. The summed E-state index contributed by atoms with van der Waals surface area (Å²) in [6, 6.07) is 10.2. The first-order valence-corrected chi connectivity index (χ1v) is 9.09. The number of carboxylic acid groups (broad SMARTS) is 1. The van der Waals surface area contributed by atoms with Crippen molar-refractivity contribution in [3.05, 3.63) is 65.2 Å². The van der Waals surface area contributed by atoms with Gasteiger partial charge >= 0.3 is 12.1 Å². The molecule has 0 saturated carbocycles. The van der Waals surface area contributed by atoms with Gasteiger partial charge in [-0.1, -0.05) is 43.3 Å². The van der Waals surface area contributed by atoms with Crippen LogP contribution in [0.4, 0.5) is 22.0 Å². The molecule has 162 valence electrons. The van der Waals surface area contributed by atoms with Crippen LogP contribution in [0.2, 0.25) is 0 Å². The predicted octanol–water partition coefficient (Wildman–Crippen LogP) is 5.07. The Labute approximate surface area is 169 Å². The van der Waals surface area contributed by atoms with E-state index in [0.717, 1.165) is 19.1 Å². The van der Waals surface area contributed by atoms with E-state index in [1.807, 2.05) is 0 Å². The third kappa shape index (κ3) is 3.74. The first-order valence-electron chi connectivity index (χ1n) is 9.09. The number of carboxylic acids is 1. The van der Waals surface area contributed by atoms with Gasteiger partial charge in [0.15, 0.2) is 23.3 Å². The molecule has 0 aliphatic carbocycles. The fourth-order valence-electron chi connectivity index (χ4n) is 3.70. The summed E-state index contributed by atoms with van der Waals surface area (Å²) < 4.78 is 79.8. The Morgan fingerprint density at radius 1 is 1.17 bits per heavy atom. The topological polar surface area (TPSA) is 55.8 Å². The lowest BCUT2D eigenvalue weighted by Crippen LogP contribution is -2.47. The van der Waals surface area contributed by atoms with E-state index in [4.69, 9.17) is 9.47 Å². The molecule has 1 aliphatic rings. The third-order valence-corrected chi connectivity index (χ3v) is 5.58. The van der Waals surface area contributed by atoms with Gasteiger partial charge in [0.1, 0.15) is 6.61 Å². The van der Waals surface area contributed by atoms with Crippen LogP contribution in [0.15, 0.2) is 42.5 Å². The average molecular weight is 430 g/mol. The molecule has 4 atom stereocenters. The molecule has 0 spiro atoms. The molecule has 0 aromatic heterocycles. The summed E-state index contributed by atoms with van der Waals surface area (Å²) in [5.74, 6) is -7.77. The van der Waals surface area contributed by atoms with E-state index in [0.29, 0.717) is 5.56 Å². The standard InChI is InChI=1S/C21H19F5O4/c1-11-15(18(19(27)28)30-20(11,2)21(24,25)26)13-8-9-14(22)16(23)17(13)29-10-12-6-4-3-5-7-12/h3-9,11,15,18H,10H2,1-2H3,(H,27,28). The maximum atomic E-state index is 14.6. The summed E-state index contributed by atoms with van der Waals surface area (Å²) in [6.07, 6.45) is -6.80. The Bertz CT molecular complexity index is 931. The lowest BCUT2D eigenvalue weighted by Gasteiger charge is -2.32. The van der Waals surface area contributed by atoms with Crippen molar-refractivity contribution in [3.8, 4) is 5.75 Å². The van der Waals surface area contributed by atoms with Gasteiger partial charge in [-0.15, -0.1) is 0 Å². The van der Waals surface area contributed by atoms with Crippen LogP contribution in [0.3, 0.4) is 0 Å². The second-order valence-corrected chi connectivity index (χ2v) is 7.35. The minimum absolute atomic E-state index is 0.190. The summed E-state index contributed by atoms with van der Waals surface area (Å²) in [7, 11) is 0. The molecule has 9 heteroatoms. The van der Waals surface area contributed by atoms with Gasteiger partial charge in [0.05, 0.1) is 0 Å². The maximum Gasteiger partial charge on any atom is 0.417 e. The number of hydrogen-bond donors (Lipinski definition) is 1. The molecule has 0 amide bonds. The number of rotatable bonds is 5. The summed E-state index contributed by atoms with van der Waals surface area (Å²) >= 11 is 0. The van der Waals surface area contributed by atoms with E-state index >= 15 is 0 Å². The first-order chi connectivity index (χ1) is 14.0. The van der Waals surface area contributed by atoms with E-state index < -0.39 is 53.1 Å². The zero-order valence-corrected chi connectivity index (χ0v) is 16.0. The van der Waals surface area contributed by atoms with Crippen LogP contribution in [0.1, 0.15) is 30.9 Å². The quantitative estimate of drug-likeness (QED) is 0.674. The van der Waals surface area contributed by atoms with Gasteiger partial charge in [-0.05, 0) is 18.6 Å². The number of benzene rings is 2. The highest BCUT2D eigenvalue weighted by atomic mass is 19.4. The number of aliphatic carboxylic acids is 1. The van der Waals surface area contributed by atoms with Crippen LogP contribution in [0, 0.1) is 17.6 Å². The zero-order chi connectivity index (χ0) is 22.3. The molecular weight excluding hydrogens is 411 g/mol. The highest BCUT2D eigenvalue weighted by Crippen LogP contribution is 2.54. The van der Waals surface area contributed by atoms with Crippen LogP contribution in [-0.2, 0) is 16.1 Å². The molecule has 2 aromatic rings. The Hall–Kier alpha value is -2.68. The van der Waals surface area contributed by atoms with Crippen molar-refractivity contribution in [2.75, 3.05) is 0 Å². The van der Waals surface area contributed by atoms with Gasteiger partial charge in [0, 0.05) is 17.4 Å². The van der Waals surface area contributed by atoms with Crippen molar-refractivity contribution in [3.63, 3.8) is 0 Å². The molecule has 4 unspecified atom stereocenters. The molecule has 4 nitrogen and oxygen atoms in total. The normalized spacial score (nSPS) is 26.6. The van der Waals surface area contributed by atoms with Crippen LogP contribution in [0.5, 0.6) is 5.75 Å². The van der Waals surface area contributed by atoms with E-state index in [1.54, 1.807) is 30.3 Å². The van der Waals surface area contributed by atoms with Gasteiger partial charge in [0.2, 0.25) is 5.82 Å². The van der Waals surface area contributed by atoms with Crippen molar-refractivity contribution < 1.29 is 41.3 Å². The minimum Gasteiger partial charge on any atom is -0.485 e. The van der Waals surface area contributed by atoms with Gasteiger partial charge in [-0.2, -0.15) is 17.6 Å². The van der Waals surface area contributed by atoms with Crippen molar-refractivity contribution in [1.82, 2.24) is 0 Å². The van der Waals surface area contributed by atoms with E-state index in [-0.39, 0.29) is 12.2 Å². The molecule has 1 heterocycles. The molecule has 0 bridgehead atoms. The molecule has 30 heavy (non-hydrogen) atoms. The minimum atomic E-state index is -4.88. The summed E-state index contributed by atoms with van der Waals surface area (Å²) in [5.41, 5.74) is -2.38. The monoisotopic (exact) mass is 430 g/mol. The fraction of sp³-hybridized carbons (Fsp3) is 0.381. The Morgan fingerprint density at radius 3 is 2.37 bits per heavy atom. The number of alkyl halides is 3. The number of ether oxygens (including phenoxy) is 2. The van der Waals surface area contributed by atoms with Gasteiger partial charge in [-0.25, -0.2) is 9.18 Å². The average Bonchev–Trinajstić information content (AvgIpc) is 2.96. The maximum absolute atomic E-state index is 14.6. The van der Waals surface area contributed by atoms with Gasteiger partial charge in [0.25, 0.3) is 0 Å². The lowest BCUT2D eigenvalue weighted by molar-refractivity contribution is -0.273. The van der Waals surface area contributed by atoms with Crippen molar-refractivity contribution in [2.24, 2.45) is 5.92 Å². The van der Waals surface area contributed by atoms with Crippen LogP contribution >= 0.6 is 0 Å². The number of halogens is 5. The second-order valence-electron chi connectivity index (χ2n) is 7.35. The highest BCUT2D eigenvalue weighted by Gasteiger charge is 2.66. The SMILES string of the molecule is CC1C(c2ccc(F)c(F)c2OCc2ccccc2)C(C(=O)O)OC1(C)C(F)(F)F. The van der Waals surface area contributed by atoms with Gasteiger partial charge < -0.3 is 14.6 Å². The van der Waals surface area contributed by atoms with Crippen molar-refractivity contribution in [1.29, 1.82) is 0 Å². The molecule has 1 saturated heterocycles. The smallest absolute Gasteiger partial charge is 0.417 e. The third-order valence-electron chi connectivity index (χ3n) is 5.58. The van der Waals surface area contributed by atoms with E-state index in [1.165, 1.54) is 6.92 Å². The lowest BCUT2D eigenvalue weighted by atomic mass is 9.77. The van der Waals surface area contributed by atoms with E-state index in [9.17, 15) is 31.9 Å². The molecule has 1 fully saturated rings. The van der Waals surface area contributed by atoms with Crippen LogP contribution in [0.25, 0.3) is 0 Å². The van der Waals surface area contributed by atoms with Crippen molar-refractivity contribution in [2.45, 2.75) is 44.3 Å². The van der Waals surface area contributed by atoms with Crippen LogP contribution in [-0.4, -0.2) is 29.0 Å². The molecule has 3 rings (SSSR count). The Morgan fingerprint density at radius 2 is 1.80 bits per heavy atom. The van der Waals surface area contributed by atoms with E-state index in [2.05, 4.69) is 0 Å². The van der Waals surface area contributed by atoms with Crippen molar-refractivity contribution >= 4 is 5.97 Å². The first kappa shape index (κ1) is 22.0. The highest BCUT2D eigenvalue weighted by molar-refractivity contribution is 5.75. The van der Waals surface area contributed by atoms with Gasteiger partial charge in [-0.3, -0.25) is 0 Å².